The molecule has 0 radical (unpaired) electrons. The van der Waals surface area contributed by atoms with Crippen LogP contribution in [0.3, 0.4) is 0 Å². The molecule has 0 aliphatic carbocycles. The van der Waals surface area contributed by atoms with E-state index in [-0.39, 0.29) is 0 Å². The van der Waals surface area contributed by atoms with Crippen molar-refractivity contribution >= 4 is 28.8 Å². The van der Waals surface area contributed by atoms with Gasteiger partial charge < -0.3 is 5.32 Å². The summed E-state index contributed by atoms with van der Waals surface area (Å²) < 4.78 is 0. The van der Waals surface area contributed by atoms with Crippen LogP contribution in [0.15, 0.2) is 36.7 Å². The Hall–Kier alpha value is -2.05. The summed E-state index contributed by atoms with van der Waals surface area (Å²) in [6, 6.07) is 10.1. The Bertz CT molecular complexity index is 757. The molecule has 5 nitrogen and oxygen atoms in total. The predicted octanol–water partition coefficient (Wildman–Crippen LogP) is 3.49. The molecule has 3 rings (SSSR count). The van der Waals surface area contributed by atoms with Crippen LogP contribution in [0.4, 0.5) is 5.82 Å². The molecule has 7 heteroatoms. The van der Waals surface area contributed by atoms with Crippen LogP contribution in [0, 0.1) is 6.92 Å². The van der Waals surface area contributed by atoms with Gasteiger partial charge in [-0.25, -0.2) is 9.97 Å². The zero-order valence-electron chi connectivity index (χ0n) is 12.0. The number of rotatable bonds is 5. The molecule has 1 aromatic carbocycles. The van der Waals surface area contributed by atoms with Gasteiger partial charge in [-0.05, 0) is 18.1 Å². The molecule has 2 aromatic heterocycles. The third-order valence-corrected chi connectivity index (χ3v) is 4.10. The van der Waals surface area contributed by atoms with Gasteiger partial charge in [-0.2, -0.15) is 0 Å². The molecular weight excluding hydrogens is 318 g/mol. The number of hydrogen-bond acceptors (Lipinski definition) is 6. The second-order valence-corrected chi connectivity index (χ2v) is 6.44. The number of benzene rings is 1. The number of halogens is 1. The Morgan fingerprint density at radius 2 is 1.86 bits per heavy atom. The van der Waals surface area contributed by atoms with Crippen molar-refractivity contribution in [2.75, 3.05) is 5.32 Å². The molecule has 112 valence electrons. The second-order valence-electron chi connectivity index (χ2n) is 4.79. The van der Waals surface area contributed by atoms with E-state index in [0.717, 1.165) is 16.4 Å². The minimum atomic E-state index is 0.431. The van der Waals surface area contributed by atoms with E-state index < -0.39 is 0 Å². The van der Waals surface area contributed by atoms with Gasteiger partial charge in [0.1, 0.15) is 27.3 Å². The molecule has 2 heterocycles. The van der Waals surface area contributed by atoms with Gasteiger partial charge >= 0.3 is 0 Å². The lowest BCUT2D eigenvalue weighted by Crippen LogP contribution is -2.01. The van der Waals surface area contributed by atoms with Crippen molar-refractivity contribution in [1.82, 2.24) is 20.2 Å². The topological polar surface area (TPSA) is 63.6 Å². The summed E-state index contributed by atoms with van der Waals surface area (Å²) in [4.78, 5) is 7.96. The second kappa shape index (κ2) is 6.81. The van der Waals surface area contributed by atoms with Crippen LogP contribution < -0.4 is 5.32 Å². The molecule has 0 bridgehead atoms. The summed E-state index contributed by atoms with van der Waals surface area (Å²) in [5.41, 5.74) is 2.40. The first-order valence-electron chi connectivity index (χ1n) is 6.77. The van der Waals surface area contributed by atoms with Crippen LogP contribution in [-0.4, -0.2) is 20.2 Å². The first kappa shape index (κ1) is 14.9. The normalized spacial score (nSPS) is 10.6. The average molecular weight is 332 g/mol. The highest BCUT2D eigenvalue weighted by Crippen LogP contribution is 2.15. The van der Waals surface area contributed by atoms with Gasteiger partial charge in [-0.15, -0.1) is 21.5 Å². The van der Waals surface area contributed by atoms with Crippen LogP contribution in [0.2, 0.25) is 5.15 Å². The van der Waals surface area contributed by atoms with Gasteiger partial charge in [0.2, 0.25) is 0 Å². The zero-order chi connectivity index (χ0) is 15.4. The minimum absolute atomic E-state index is 0.431. The summed E-state index contributed by atoms with van der Waals surface area (Å²) in [7, 11) is 0. The SMILES string of the molecule is Cc1nnc(Cc2ccc(CNc3cc(Cl)ncn3)cc2)s1. The van der Waals surface area contributed by atoms with Crippen molar-refractivity contribution in [2.45, 2.75) is 19.9 Å². The Morgan fingerprint density at radius 3 is 2.55 bits per heavy atom. The predicted molar refractivity (Wildman–Crippen MR) is 88.3 cm³/mol. The van der Waals surface area contributed by atoms with Crippen molar-refractivity contribution in [1.29, 1.82) is 0 Å². The van der Waals surface area contributed by atoms with Crippen molar-refractivity contribution in [3.63, 3.8) is 0 Å². The third-order valence-electron chi connectivity index (χ3n) is 3.05. The molecule has 1 N–H and O–H groups in total. The van der Waals surface area contributed by atoms with Gasteiger partial charge in [0.25, 0.3) is 0 Å². The van der Waals surface area contributed by atoms with Crippen molar-refractivity contribution in [3.05, 3.63) is 63.0 Å². The summed E-state index contributed by atoms with van der Waals surface area (Å²) in [5.74, 6) is 0.716. The van der Waals surface area contributed by atoms with Gasteiger partial charge in [-0.1, -0.05) is 35.9 Å². The quantitative estimate of drug-likeness (QED) is 0.725. The van der Waals surface area contributed by atoms with Crippen molar-refractivity contribution in [2.24, 2.45) is 0 Å². The maximum atomic E-state index is 5.82. The Morgan fingerprint density at radius 1 is 1.09 bits per heavy atom. The van der Waals surface area contributed by atoms with E-state index in [9.17, 15) is 0 Å². The fraction of sp³-hybridized carbons (Fsp3) is 0.200. The smallest absolute Gasteiger partial charge is 0.134 e. The molecule has 0 aliphatic rings. The van der Waals surface area contributed by atoms with E-state index in [1.54, 1.807) is 17.4 Å². The number of anilines is 1. The molecule has 0 unspecified atom stereocenters. The fourth-order valence-electron chi connectivity index (χ4n) is 1.98. The lowest BCUT2D eigenvalue weighted by Gasteiger charge is -2.06. The van der Waals surface area contributed by atoms with Gasteiger partial charge in [0, 0.05) is 19.0 Å². The molecule has 0 saturated heterocycles. The average Bonchev–Trinajstić information content (AvgIpc) is 2.92. The maximum Gasteiger partial charge on any atom is 0.134 e. The molecule has 0 saturated carbocycles. The molecular formula is C15H14ClN5S. The molecule has 0 aliphatic heterocycles. The highest BCUT2D eigenvalue weighted by Gasteiger charge is 2.03. The first-order valence-corrected chi connectivity index (χ1v) is 7.97. The van der Waals surface area contributed by atoms with Crippen LogP contribution in [-0.2, 0) is 13.0 Å². The Labute approximate surface area is 137 Å². The zero-order valence-corrected chi connectivity index (χ0v) is 13.5. The monoisotopic (exact) mass is 331 g/mol. The number of nitrogens with zero attached hydrogens (tertiary/aromatic N) is 4. The minimum Gasteiger partial charge on any atom is -0.366 e. The first-order chi connectivity index (χ1) is 10.7. The summed E-state index contributed by atoms with van der Waals surface area (Å²) in [5, 5.41) is 13.9. The van der Waals surface area contributed by atoms with E-state index in [2.05, 4.69) is 49.7 Å². The van der Waals surface area contributed by atoms with Gasteiger partial charge in [0.15, 0.2) is 0 Å². The largest absolute Gasteiger partial charge is 0.366 e. The highest BCUT2D eigenvalue weighted by atomic mass is 35.5. The number of aromatic nitrogens is 4. The molecule has 0 spiro atoms. The lowest BCUT2D eigenvalue weighted by molar-refractivity contribution is 0.980. The molecule has 3 aromatic rings. The van der Waals surface area contributed by atoms with E-state index in [1.165, 1.54) is 17.5 Å². The number of nitrogens with one attached hydrogen (secondary N) is 1. The van der Waals surface area contributed by atoms with Crippen molar-refractivity contribution < 1.29 is 0 Å². The lowest BCUT2D eigenvalue weighted by atomic mass is 10.1. The number of hydrogen-bond donors (Lipinski definition) is 1. The fourth-order valence-corrected chi connectivity index (χ4v) is 2.87. The van der Waals surface area contributed by atoms with E-state index >= 15 is 0 Å². The third kappa shape index (κ3) is 3.99. The molecule has 22 heavy (non-hydrogen) atoms. The molecule has 0 fully saturated rings. The maximum absolute atomic E-state index is 5.82. The van der Waals surface area contributed by atoms with Crippen LogP contribution in [0.5, 0.6) is 0 Å². The summed E-state index contributed by atoms with van der Waals surface area (Å²) in [6.07, 6.45) is 2.26. The van der Waals surface area contributed by atoms with Crippen molar-refractivity contribution in [3.8, 4) is 0 Å². The van der Waals surface area contributed by atoms with Gasteiger partial charge in [0.05, 0.1) is 0 Å². The molecule has 0 atom stereocenters. The van der Waals surface area contributed by atoms with Crippen LogP contribution in [0.1, 0.15) is 21.1 Å². The Balaban J connectivity index is 1.59. The Kier molecular flexibility index (Phi) is 4.60. The van der Waals surface area contributed by atoms with E-state index in [1.807, 2.05) is 6.92 Å². The van der Waals surface area contributed by atoms with E-state index in [4.69, 9.17) is 11.6 Å². The summed E-state index contributed by atoms with van der Waals surface area (Å²) in [6.45, 7) is 2.65. The molecule has 0 amide bonds. The summed E-state index contributed by atoms with van der Waals surface area (Å²) >= 11 is 7.46. The highest BCUT2D eigenvalue weighted by molar-refractivity contribution is 7.11. The van der Waals surface area contributed by atoms with Crippen LogP contribution >= 0.6 is 22.9 Å². The number of aryl methyl sites for hydroxylation is 1. The van der Waals surface area contributed by atoms with Crippen LogP contribution in [0.25, 0.3) is 0 Å². The van der Waals surface area contributed by atoms with Gasteiger partial charge in [-0.3, -0.25) is 0 Å². The standard InChI is InChI=1S/C15H14ClN5S/c1-10-20-21-15(22-10)6-11-2-4-12(5-3-11)8-17-14-7-13(16)18-9-19-14/h2-5,7,9H,6,8H2,1H3,(H,17,18,19). The van der Waals surface area contributed by atoms with E-state index in [0.29, 0.717) is 17.5 Å².